The fourth-order valence-electron chi connectivity index (χ4n) is 9.39. The first-order chi connectivity index (χ1) is 34.0. The number of nitrogens with one attached hydrogen (secondary N) is 1. The molecule has 0 bridgehead atoms. The number of carbonyl (C=O) groups excluding carboxylic acids is 2. The Kier molecular flexibility index (Phi) is 57.0. The molecule has 69 heavy (non-hydrogen) atoms. The number of hydrogen-bond acceptors (Lipinski definition) is 5. The molecule has 0 aliphatic carbocycles. The van der Waals surface area contributed by atoms with Gasteiger partial charge in [0.25, 0.3) is 0 Å². The largest absolute Gasteiger partial charge is 0.466 e. The topological polar surface area (TPSA) is 95.9 Å². The highest BCUT2D eigenvalue weighted by atomic mass is 16.5. The summed E-state index contributed by atoms with van der Waals surface area (Å²) >= 11 is 0. The van der Waals surface area contributed by atoms with E-state index in [9.17, 15) is 19.8 Å². The smallest absolute Gasteiger partial charge is 0.305 e. The van der Waals surface area contributed by atoms with Crippen LogP contribution in [0.15, 0.2) is 36.5 Å². The number of amides is 1. The Bertz CT molecular complexity index is 1120. The van der Waals surface area contributed by atoms with E-state index in [0.29, 0.717) is 19.4 Å². The van der Waals surface area contributed by atoms with E-state index in [1.807, 2.05) is 6.08 Å². The molecule has 1 amide bonds. The molecule has 3 N–H and O–H groups in total. The van der Waals surface area contributed by atoms with Gasteiger partial charge >= 0.3 is 5.97 Å². The highest BCUT2D eigenvalue weighted by molar-refractivity contribution is 5.76. The summed E-state index contributed by atoms with van der Waals surface area (Å²) in [5.41, 5.74) is 0. The summed E-state index contributed by atoms with van der Waals surface area (Å²) in [6.07, 6.45) is 73.2. The van der Waals surface area contributed by atoms with Crippen molar-refractivity contribution in [1.82, 2.24) is 5.32 Å². The molecule has 0 spiro atoms. The second-order valence-corrected chi connectivity index (χ2v) is 21.0. The van der Waals surface area contributed by atoms with Gasteiger partial charge in [0.05, 0.1) is 25.4 Å². The van der Waals surface area contributed by atoms with Crippen molar-refractivity contribution in [2.45, 2.75) is 341 Å². The first-order valence-corrected chi connectivity index (χ1v) is 30.8. The molecule has 2 atom stereocenters. The predicted molar refractivity (Wildman–Crippen MR) is 301 cm³/mol. The zero-order valence-electron chi connectivity index (χ0n) is 46.3. The van der Waals surface area contributed by atoms with Crippen LogP contribution in [0.2, 0.25) is 0 Å². The maximum absolute atomic E-state index is 12.5. The Labute approximate surface area is 430 Å². The van der Waals surface area contributed by atoms with Gasteiger partial charge in [-0.25, -0.2) is 0 Å². The van der Waals surface area contributed by atoms with Crippen LogP contribution in [0.4, 0.5) is 0 Å². The zero-order chi connectivity index (χ0) is 50.0. The second-order valence-electron chi connectivity index (χ2n) is 21.0. The third-order valence-electron chi connectivity index (χ3n) is 14.1. The Morgan fingerprint density at radius 1 is 0.391 bits per heavy atom. The van der Waals surface area contributed by atoms with Gasteiger partial charge in [0.1, 0.15) is 0 Å². The first kappa shape index (κ1) is 67.1. The van der Waals surface area contributed by atoms with E-state index in [1.165, 1.54) is 257 Å². The van der Waals surface area contributed by atoms with Crippen LogP contribution in [0.5, 0.6) is 0 Å². The van der Waals surface area contributed by atoms with Crippen LogP contribution in [-0.2, 0) is 14.3 Å². The van der Waals surface area contributed by atoms with Crippen LogP contribution in [0.1, 0.15) is 328 Å². The lowest BCUT2D eigenvalue weighted by Gasteiger charge is -2.20. The lowest BCUT2D eigenvalue weighted by molar-refractivity contribution is -0.143. The number of unbranched alkanes of at least 4 members (excludes halogenated alkanes) is 42. The van der Waals surface area contributed by atoms with Crippen molar-refractivity contribution < 1.29 is 24.5 Å². The van der Waals surface area contributed by atoms with E-state index in [1.54, 1.807) is 6.08 Å². The Morgan fingerprint density at radius 3 is 1.03 bits per heavy atom. The molecule has 0 aromatic heterocycles. The van der Waals surface area contributed by atoms with Gasteiger partial charge in [0.2, 0.25) is 5.91 Å². The van der Waals surface area contributed by atoms with E-state index >= 15 is 0 Å². The normalized spacial score (nSPS) is 12.8. The molecule has 0 rings (SSSR count). The third-order valence-corrected chi connectivity index (χ3v) is 14.1. The maximum atomic E-state index is 12.5. The lowest BCUT2D eigenvalue weighted by atomic mass is 10.0. The van der Waals surface area contributed by atoms with Gasteiger partial charge in [-0.05, 0) is 83.5 Å². The molecule has 0 fully saturated rings. The second kappa shape index (κ2) is 58.6. The van der Waals surface area contributed by atoms with Gasteiger partial charge in [-0.3, -0.25) is 9.59 Å². The van der Waals surface area contributed by atoms with Gasteiger partial charge < -0.3 is 20.3 Å². The molecule has 0 aromatic carbocycles. The van der Waals surface area contributed by atoms with Crippen molar-refractivity contribution in [3.63, 3.8) is 0 Å². The Morgan fingerprint density at radius 2 is 0.681 bits per heavy atom. The Balaban J connectivity index is 3.42. The van der Waals surface area contributed by atoms with Crippen molar-refractivity contribution in [1.29, 1.82) is 0 Å². The van der Waals surface area contributed by atoms with Crippen LogP contribution in [0.3, 0.4) is 0 Å². The van der Waals surface area contributed by atoms with Crippen LogP contribution < -0.4 is 5.32 Å². The van der Waals surface area contributed by atoms with Crippen molar-refractivity contribution in [3.05, 3.63) is 36.5 Å². The molecule has 6 heteroatoms. The number of rotatable bonds is 57. The molecular weight excluding hydrogens is 851 g/mol. The third kappa shape index (κ3) is 55.2. The van der Waals surface area contributed by atoms with E-state index in [4.69, 9.17) is 4.74 Å². The number of hydrogen-bond donors (Lipinski definition) is 3. The van der Waals surface area contributed by atoms with Crippen LogP contribution in [0, 0.1) is 0 Å². The van der Waals surface area contributed by atoms with E-state index < -0.39 is 12.1 Å². The van der Waals surface area contributed by atoms with Gasteiger partial charge in [0, 0.05) is 12.8 Å². The quantitative estimate of drug-likeness (QED) is 0.0321. The van der Waals surface area contributed by atoms with Crippen LogP contribution in [0.25, 0.3) is 0 Å². The zero-order valence-corrected chi connectivity index (χ0v) is 46.3. The standard InChI is InChI=1S/C63H119NO5/c1-3-5-7-9-11-13-15-17-31-35-39-43-47-51-55-61(66)60(59-65)64-62(67)56-52-48-44-40-36-32-29-27-25-23-21-19-20-22-24-26-28-30-34-38-42-46-50-54-58-69-63(68)57-53-49-45-41-37-33-18-16-14-12-10-8-6-4-2/h16,18,21,23,51,55,60-61,65-66H,3-15,17,19-20,22,24-50,52-54,56-59H2,1-2H3,(H,64,67)/b18-16-,23-21-,55-51+. The highest BCUT2D eigenvalue weighted by Gasteiger charge is 2.18. The molecule has 6 nitrogen and oxygen atoms in total. The van der Waals surface area contributed by atoms with Gasteiger partial charge in [-0.15, -0.1) is 0 Å². The fraction of sp³-hybridized carbons (Fsp3) is 0.873. The average Bonchev–Trinajstić information content (AvgIpc) is 3.35. The summed E-state index contributed by atoms with van der Waals surface area (Å²) in [6, 6.07) is -0.631. The van der Waals surface area contributed by atoms with E-state index in [-0.39, 0.29) is 18.5 Å². The monoisotopic (exact) mass is 970 g/mol. The predicted octanol–water partition coefficient (Wildman–Crippen LogP) is 19.2. The molecule has 0 radical (unpaired) electrons. The summed E-state index contributed by atoms with van der Waals surface area (Å²) in [6.45, 7) is 4.90. The molecule has 0 saturated heterocycles. The minimum Gasteiger partial charge on any atom is -0.466 e. The molecule has 406 valence electrons. The molecule has 0 aromatic rings. The van der Waals surface area contributed by atoms with E-state index in [2.05, 4.69) is 43.5 Å². The number of carbonyl (C=O) groups is 2. The van der Waals surface area contributed by atoms with Crippen molar-refractivity contribution in [2.75, 3.05) is 13.2 Å². The molecule has 2 unspecified atom stereocenters. The number of aliphatic hydroxyl groups is 2. The van der Waals surface area contributed by atoms with Crippen LogP contribution >= 0.6 is 0 Å². The fourth-order valence-corrected chi connectivity index (χ4v) is 9.39. The van der Waals surface area contributed by atoms with Gasteiger partial charge in [0.15, 0.2) is 0 Å². The lowest BCUT2D eigenvalue weighted by Crippen LogP contribution is -2.45. The molecular formula is C63H119NO5. The molecule has 0 aliphatic heterocycles. The van der Waals surface area contributed by atoms with Gasteiger partial charge in [-0.1, -0.05) is 269 Å². The summed E-state index contributed by atoms with van der Waals surface area (Å²) in [5, 5.41) is 23.1. The van der Waals surface area contributed by atoms with E-state index in [0.717, 1.165) is 44.9 Å². The minimum absolute atomic E-state index is 0.00337. The van der Waals surface area contributed by atoms with Crippen molar-refractivity contribution in [3.8, 4) is 0 Å². The van der Waals surface area contributed by atoms with Crippen LogP contribution in [-0.4, -0.2) is 47.4 Å². The first-order valence-electron chi connectivity index (χ1n) is 30.8. The molecule has 0 aliphatic rings. The number of ether oxygens (including phenoxy) is 1. The van der Waals surface area contributed by atoms with Crippen molar-refractivity contribution in [2.24, 2.45) is 0 Å². The van der Waals surface area contributed by atoms with Crippen molar-refractivity contribution >= 4 is 11.9 Å². The number of aliphatic hydroxyl groups excluding tert-OH is 2. The van der Waals surface area contributed by atoms with Gasteiger partial charge in [-0.2, -0.15) is 0 Å². The average molecular weight is 971 g/mol. The summed E-state index contributed by atoms with van der Waals surface area (Å²) < 4.78 is 5.48. The maximum Gasteiger partial charge on any atom is 0.305 e. The SMILES string of the molecule is CCCCCCC/C=C\CCCCCCCC(=O)OCCCCCCCCCCCCCC/C=C\CCCCCCCCCCC(=O)NC(CO)C(O)/C=C/CCCCCCCCCCCCCC. The summed E-state index contributed by atoms with van der Waals surface area (Å²) in [7, 11) is 0. The summed E-state index contributed by atoms with van der Waals surface area (Å²) in [5.74, 6) is -0.0686. The minimum atomic E-state index is -0.847. The highest BCUT2D eigenvalue weighted by Crippen LogP contribution is 2.17. The molecule has 0 saturated carbocycles. The molecule has 0 heterocycles. The Hall–Kier alpha value is -1.92. The number of allylic oxidation sites excluding steroid dienone is 5. The number of esters is 1. The summed E-state index contributed by atoms with van der Waals surface area (Å²) in [4.78, 5) is 24.5.